The quantitative estimate of drug-likeness (QED) is 0.517. The number of ketones is 2. The van der Waals surface area contributed by atoms with Crippen molar-refractivity contribution in [1.82, 2.24) is 0 Å². The van der Waals surface area contributed by atoms with Crippen LogP contribution in [-0.2, 0) is 0 Å². The topological polar surface area (TPSA) is 85.2 Å². The molecule has 0 saturated carbocycles. The molecule has 0 fully saturated rings. The molecule has 0 radical (unpaired) electrons. The maximum Gasteiger partial charge on any atom is 0.199 e. The number of oxime groups is 1. The third-order valence-electron chi connectivity index (χ3n) is 3.10. The molecule has 1 aromatic rings. The maximum atomic E-state index is 12.5. The van der Waals surface area contributed by atoms with E-state index < -0.39 is 11.6 Å². The summed E-state index contributed by atoms with van der Waals surface area (Å²) in [5.74, 6) is -0.262. The lowest BCUT2D eigenvalue weighted by atomic mass is 9.86. The van der Waals surface area contributed by atoms with Gasteiger partial charge in [-0.2, -0.15) is 0 Å². The van der Waals surface area contributed by atoms with E-state index in [1.807, 2.05) is 0 Å². The number of allylic oxidation sites excluding steroid dienone is 2. The van der Waals surface area contributed by atoms with Gasteiger partial charge in [0.25, 0.3) is 0 Å². The van der Waals surface area contributed by atoms with E-state index in [0.717, 1.165) is 6.08 Å². The molecule has 0 amide bonds. The molecule has 1 N–H and O–H groups in total. The van der Waals surface area contributed by atoms with Gasteiger partial charge in [0.15, 0.2) is 11.6 Å². The molecule has 1 aromatic carbocycles. The Morgan fingerprint density at radius 3 is 2.15 bits per heavy atom. The average molecular weight is 275 g/mol. The summed E-state index contributed by atoms with van der Waals surface area (Å²) in [6.45, 7) is 1.44. The highest BCUT2D eigenvalue weighted by Crippen LogP contribution is 2.35. The summed E-state index contributed by atoms with van der Waals surface area (Å²) in [5.41, 5.74) is 0.388. The van der Waals surface area contributed by atoms with Crippen LogP contribution in [0.25, 0.3) is 0 Å². The lowest BCUT2D eigenvalue weighted by molar-refractivity contribution is 0.0983. The van der Waals surface area contributed by atoms with E-state index >= 15 is 0 Å². The van der Waals surface area contributed by atoms with Crippen molar-refractivity contribution in [2.24, 2.45) is 5.16 Å². The number of rotatable bonds is 3. The molecule has 1 aliphatic carbocycles. The van der Waals surface area contributed by atoms with E-state index in [4.69, 9.17) is 14.7 Å². The van der Waals surface area contributed by atoms with Crippen LogP contribution in [0.4, 0.5) is 0 Å². The fourth-order valence-electron chi connectivity index (χ4n) is 2.10. The molecule has 0 saturated heterocycles. The molecule has 0 atom stereocenters. The number of nitrogens with zero attached hydrogens (tertiary/aromatic N) is 1. The molecule has 2 rings (SSSR count). The molecule has 0 heterocycles. The highest BCUT2D eigenvalue weighted by atomic mass is 16.5. The van der Waals surface area contributed by atoms with Crippen molar-refractivity contribution in [2.75, 3.05) is 14.2 Å². The molecule has 0 unspecified atom stereocenters. The summed E-state index contributed by atoms with van der Waals surface area (Å²) >= 11 is 0. The van der Waals surface area contributed by atoms with Crippen molar-refractivity contribution in [2.45, 2.75) is 6.92 Å². The van der Waals surface area contributed by atoms with Gasteiger partial charge in [0.1, 0.15) is 11.5 Å². The molecule has 20 heavy (non-hydrogen) atoms. The zero-order valence-corrected chi connectivity index (χ0v) is 11.3. The van der Waals surface area contributed by atoms with Crippen molar-refractivity contribution in [1.29, 1.82) is 0 Å². The summed E-state index contributed by atoms with van der Waals surface area (Å²) in [6.07, 6.45) is 1.14. The number of methoxy groups -OCH3 is 2. The third-order valence-corrected chi connectivity index (χ3v) is 3.10. The van der Waals surface area contributed by atoms with Crippen molar-refractivity contribution in [3.05, 3.63) is 34.9 Å². The smallest absolute Gasteiger partial charge is 0.199 e. The van der Waals surface area contributed by atoms with Crippen LogP contribution >= 0.6 is 0 Å². The van der Waals surface area contributed by atoms with Gasteiger partial charge < -0.3 is 14.7 Å². The minimum absolute atomic E-state index is 0.0385. The molecule has 104 valence electrons. The second-order valence-electron chi connectivity index (χ2n) is 4.16. The lowest BCUT2D eigenvalue weighted by Crippen LogP contribution is -2.22. The summed E-state index contributed by atoms with van der Waals surface area (Å²) in [6, 6.07) is 3.12. The standard InChI is InChI=1S/C14H13NO5/c1-7(15-18)8-6-9(16)12-10(19-2)4-5-11(20-3)13(12)14(8)17/h4-6,18H,1-3H3/b15-7+. The number of fused-ring (bicyclic) bond motifs is 1. The first-order chi connectivity index (χ1) is 9.54. The van der Waals surface area contributed by atoms with Crippen LogP contribution in [0.1, 0.15) is 27.6 Å². The van der Waals surface area contributed by atoms with Crippen LogP contribution in [-0.4, -0.2) is 36.7 Å². The maximum absolute atomic E-state index is 12.5. The fraction of sp³-hybridized carbons (Fsp3) is 0.214. The van der Waals surface area contributed by atoms with Gasteiger partial charge in [-0.15, -0.1) is 0 Å². The number of Topliss-reactive ketones (excluding diaryl/α,β-unsaturated/α-hetero) is 1. The van der Waals surface area contributed by atoms with Crippen LogP contribution in [0.15, 0.2) is 28.9 Å². The summed E-state index contributed by atoms with van der Waals surface area (Å²) in [7, 11) is 2.82. The van der Waals surface area contributed by atoms with Crippen LogP contribution in [0.5, 0.6) is 11.5 Å². The third kappa shape index (κ3) is 1.95. The highest BCUT2D eigenvalue weighted by Gasteiger charge is 2.33. The molecular weight excluding hydrogens is 262 g/mol. The first-order valence-corrected chi connectivity index (χ1v) is 5.79. The van der Waals surface area contributed by atoms with E-state index in [0.29, 0.717) is 5.75 Å². The minimum atomic E-state index is -0.439. The van der Waals surface area contributed by atoms with Crippen molar-refractivity contribution in [3.63, 3.8) is 0 Å². The zero-order valence-electron chi connectivity index (χ0n) is 11.3. The predicted octanol–water partition coefficient (Wildman–Crippen LogP) is 1.86. The monoisotopic (exact) mass is 275 g/mol. The number of hydrogen-bond acceptors (Lipinski definition) is 6. The lowest BCUT2D eigenvalue weighted by Gasteiger charge is -2.19. The Kier molecular flexibility index (Phi) is 3.56. The van der Waals surface area contributed by atoms with Crippen molar-refractivity contribution in [3.8, 4) is 11.5 Å². The number of carbonyl (C=O) groups is 2. The second-order valence-corrected chi connectivity index (χ2v) is 4.16. The fourth-order valence-corrected chi connectivity index (χ4v) is 2.10. The predicted molar refractivity (Wildman–Crippen MR) is 71.2 cm³/mol. The molecular formula is C14H13NO5. The summed E-state index contributed by atoms with van der Waals surface area (Å²) in [4.78, 5) is 24.7. The van der Waals surface area contributed by atoms with E-state index in [9.17, 15) is 9.59 Å². The highest BCUT2D eigenvalue weighted by molar-refractivity contribution is 6.36. The Hall–Kier alpha value is -2.63. The average Bonchev–Trinajstić information content (AvgIpc) is 2.48. The first kappa shape index (κ1) is 13.8. The number of hydrogen-bond donors (Lipinski definition) is 1. The Morgan fingerprint density at radius 2 is 1.65 bits per heavy atom. The van der Waals surface area contributed by atoms with Gasteiger partial charge >= 0.3 is 0 Å². The molecule has 0 aromatic heterocycles. The number of carbonyl (C=O) groups excluding carboxylic acids is 2. The SMILES string of the molecule is COc1ccc(OC)c2c1C(=O)C=C(/C(C)=N/O)C2=O. The zero-order chi connectivity index (χ0) is 14.9. The van der Waals surface area contributed by atoms with Gasteiger partial charge in [-0.05, 0) is 25.1 Å². The Balaban J connectivity index is 2.74. The summed E-state index contributed by atoms with van der Waals surface area (Å²) in [5, 5.41) is 11.8. The van der Waals surface area contributed by atoms with Crippen LogP contribution in [0, 0.1) is 0 Å². The number of benzene rings is 1. The largest absolute Gasteiger partial charge is 0.496 e. The Bertz CT molecular complexity index is 658. The van der Waals surface area contributed by atoms with Gasteiger partial charge in [0.05, 0.1) is 36.6 Å². The summed E-state index contributed by atoms with van der Waals surface area (Å²) < 4.78 is 10.2. The normalized spacial score (nSPS) is 14.8. The van der Waals surface area contributed by atoms with Crippen LogP contribution in [0.2, 0.25) is 0 Å². The Morgan fingerprint density at radius 1 is 1.10 bits per heavy atom. The van der Waals surface area contributed by atoms with Crippen LogP contribution < -0.4 is 9.47 Å². The van der Waals surface area contributed by atoms with E-state index in [1.165, 1.54) is 21.1 Å². The van der Waals surface area contributed by atoms with E-state index in [2.05, 4.69) is 5.16 Å². The van der Waals surface area contributed by atoms with Gasteiger partial charge in [0.2, 0.25) is 0 Å². The molecule has 6 heteroatoms. The molecule has 1 aliphatic rings. The molecule has 6 nitrogen and oxygen atoms in total. The van der Waals surface area contributed by atoms with Gasteiger partial charge in [-0.1, -0.05) is 5.16 Å². The van der Waals surface area contributed by atoms with E-state index in [1.54, 1.807) is 12.1 Å². The van der Waals surface area contributed by atoms with E-state index in [-0.39, 0.29) is 28.2 Å². The molecule has 0 bridgehead atoms. The Labute approximate surface area is 115 Å². The first-order valence-electron chi connectivity index (χ1n) is 5.79. The second kappa shape index (κ2) is 5.16. The van der Waals surface area contributed by atoms with Gasteiger partial charge in [0, 0.05) is 0 Å². The molecule has 0 spiro atoms. The van der Waals surface area contributed by atoms with Crippen LogP contribution in [0.3, 0.4) is 0 Å². The van der Waals surface area contributed by atoms with Crippen molar-refractivity contribution < 1.29 is 24.3 Å². The number of ether oxygens (including phenoxy) is 2. The minimum Gasteiger partial charge on any atom is -0.496 e. The molecule has 0 aliphatic heterocycles. The van der Waals surface area contributed by atoms with Gasteiger partial charge in [-0.3, -0.25) is 9.59 Å². The van der Waals surface area contributed by atoms with Crippen molar-refractivity contribution >= 4 is 17.3 Å². The van der Waals surface area contributed by atoms with Gasteiger partial charge in [-0.25, -0.2) is 0 Å².